The predicted molar refractivity (Wildman–Crippen MR) is 130 cm³/mol. The second-order valence-corrected chi connectivity index (χ2v) is 10.5. The largest absolute Gasteiger partial charge is 0.501 e. The molecule has 0 heterocycles. The van der Waals surface area contributed by atoms with E-state index in [0.29, 0.717) is 33.0 Å². The Labute approximate surface area is 185 Å². The van der Waals surface area contributed by atoms with Gasteiger partial charge in [0.25, 0.3) is 0 Å². The molecule has 0 spiro atoms. The minimum Gasteiger partial charge on any atom is -0.377 e. The molecule has 4 aromatic carbocycles. The Kier molecular flexibility index (Phi) is 7.20. The lowest BCUT2D eigenvalue weighted by Crippen LogP contribution is -2.46. The summed E-state index contributed by atoms with van der Waals surface area (Å²) in [4.78, 5) is 0. The van der Waals surface area contributed by atoms with E-state index in [2.05, 4.69) is 54.6 Å². The van der Waals surface area contributed by atoms with Gasteiger partial charge in [-0.2, -0.15) is 0 Å². The second-order valence-electron chi connectivity index (χ2n) is 7.77. The van der Waals surface area contributed by atoms with E-state index in [-0.39, 0.29) is 0 Å². The fourth-order valence-corrected chi connectivity index (χ4v) is 7.06. The number of rotatable bonds is 12. The maximum absolute atomic E-state index is 6.03. The molecular formula is C26H32O4Si. The van der Waals surface area contributed by atoms with E-state index < -0.39 is 8.80 Å². The molecule has 0 saturated heterocycles. The van der Waals surface area contributed by atoms with Crippen molar-refractivity contribution in [1.29, 1.82) is 0 Å². The molecule has 0 unspecified atom stereocenters. The highest BCUT2D eigenvalue weighted by molar-refractivity contribution is 6.60. The van der Waals surface area contributed by atoms with Gasteiger partial charge in [0.15, 0.2) is 0 Å². The first-order chi connectivity index (χ1) is 15.2. The van der Waals surface area contributed by atoms with Crippen molar-refractivity contribution in [3.63, 3.8) is 0 Å². The van der Waals surface area contributed by atoms with Gasteiger partial charge in [-0.05, 0) is 77.2 Å². The van der Waals surface area contributed by atoms with Crippen LogP contribution in [0.5, 0.6) is 0 Å². The van der Waals surface area contributed by atoms with Gasteiger partial charge in [-0.3, -0.25) is 0 Å². The van der Waals surface area contributed by atoms with Crippen LogP contribution in [0.1, 0.15) is 32.8 Å². The zero-order chi connectivity index (χ0) is 21.7. The highest BCUT2D eigenvalue weighted by Crippen LogP contribution is 2.35. The summed E-state index contributed by atoms with van der Waals surface area (Å²) >= 11 is 0. The van der Waals surface area contributed by atoms with Crippen LogP contribution in [-0.4, -0.2) is 35.2 Å². The molecule has 164 valence electrons. The van der Waals surface area contributed by atoms with Gasteiger partial charge < -0.3 is 18.0 Å². The Bertz CT molecular complexity index is 1050. The molecule has 0 aliphatic heterocycles. The standard InChI is InChI=1S/C26H32O4Si/c1-4-28-31(29-5-2,30-6-3)16-8-15-27-19-20-17-23-13-11-21-9-7-10-22-12-14-24(18-20)26(23)25(21)22/h7,9-14,17-18H,4-6,8,15-16,19H2,1-3H3. The highest BCUT2D eigenvalue weighted by atomic mass is 28.4. The molecule has 4 aromatic rings. The quantitative estimate of drug-likeness (QED) is 0.144. The van der Waals surface area contributed by atoms with Gasteiger partial charge in [-0.1, -0.05) is 42.5 Å². The van der Waals surface area contributed by atoms with Crippen LogP contribution < -0.4 is 0 Å². The van der Waals surface area contributed by atoms with E-state index in [9.17, 15) is 0 Å². The van der Waals surface area contributed by atoms with Gasteiger partial charge in [-0.25, -0.2) is 0 Å². The molecule has 5 heteroatoms. The van der Waals surface area contributed by atoms with E-state index in [4.69, 9.17) is 18.0 Å². The third-order valence-electron chi connectivity index (χ3n) is 5.66. The van der Waals surface area contributed by atoms with Crippen molar-refractivity contribution in [3.05, 3.63) is 60.2 Å². The molecule has 0 N–H and O–H groups in total. The van der Waals surface area contributed by atoms with Crippen molar-refractivity contribution < 1.29 is 18.0 Å². The monoisotopic (exact) mass is 436 g/mol. The molecule has 0 aliphatic carbocycles. The first kappa shape index (κ1) is 22.2. The Morgan fingerprint density at radius 2 is 1.19 bits per heavy atom. The van der Waals surface area contributed by atoms with Gasteiger partial charge in [0.2, 0.25) is 0 Å². The van der Waals surface area contributed by atoms with Gasteiger partial charge >= 0.3 is 8.80 Å². The summed E-state index contributed by atoms with van der Waals surface area (Å²) in [6, 6.07) is 20.7. The lowest BCUT2D eigenvalue weighted by molar-refractivity contribution is 0.0647. The van der Waals surface area contributed by atoms with E-state index >= 15 is 0 Å². The Morgan fingerprint density at radius 3 is 1.74 bits per heavy atom. The summed E-state index contributed by atoms with van der Waals surface area (Å²) in [6.45, 7) is 9.05. The van der Waals surface area contributed by atoms with Crippen LogP contribution in [0.15, 0.2) is 54.6 Å². The molecular weight excluding hydrogens is 404 g/mol. The zero-order valence-corrected chi connectivity index (χ0v) is 19.8. The summed E-state index contributed by atoms with van der Waals surface area (Å²) in [6.07, 6.45) is 0.862. The molecule has 4 rings (SSSR count). The predicted octanol–water partition coefficient (Wildman–Crippen LogP) is 6.54. The van der Waals surface area contributed by atoms with Crippen LogP contribution in [0.3, 0.4) is 0 Å². The van der Waals surface area contributed by atoms with E-state index in [1.54, 1.807) is 0 Å². The maximum Gasteiger partial charge on any atom is 0.501 e. The fraction of sp³-hybridized carbons (Fsp3) is 0.385. The number of hydrogen-bond donors (Lipinski definition) is 0. The first-order valence-electron chi connectivity index (χ1n) is 11.4. The third kappa shape index (κ3) is 4.76. The summed E-state index contributed by atoms with van der Waals surface area (Å²) < 4.78 is 23.8. The van der Waals surface area contributed by atoms with Crippen molar-refractivity contribution in [2.75, 3.05) is 26.4 Å². The molecule has 31 heavy (non-hydrogen) atoms. The summed E-state index contributed by atoms with van der Waals surface area (Å²) in [5.74, 6) is 0. The highest BCUT2D eigenvalue weighted by Gasteiger charge is 2.39. The molecule has 0 aliphatic rings. The van der Waals surface area contributed by atoms with Crippen LogP contribution in [0.25, 0.3) is 32.3 Å². The van der Waals surface area contributed by atoms with Crippen molar-refractivity contribution >= 4 is 41.1 Å². The number of hydrogen-bond acceptors (Lipinski definition) is 4. The average Bonchev–Trinajstić information content (AvgIpc) is 2.78. The fourth-order valence-electron chi connectivity index (χ4n) is 4.48. The molecule has 0 bridgehead atoms. The minimum absolute atomic E-state index is 0.600. The van der Waals surface area contributed by atoms with Gasteiger partial charge in [-0.15, -0.1) is 0 Å². The van der Waals surface area contributed by atoms with Crippen molar-refractivity contribution in [1.82, 2.24) is 0 Å². The first-order valence-corrected chi connectivity index (χ1v) is 13.3. The lowest BCUT2D eigenvalue weighted by atomic mass is 9.93. The van der Waals surface area contributed by atoms with Crippen LogP contribution in [-0.2, 0) is 24.6 Å². The van der Waals surface area contributed by atoms with Crippen LogP contribution >= 0.6 is 0 Å². The molecule has 0 radical (unpaired) electrons. The van der Waals surface area contributed by atoms with E-state index in [1.165, 1.54) is 37.9 Å². The van der Waals surface area contributed by atoms with E-state index in [1.807, 2.05) is 20.8 Å². The topological polar surface area (TPSA) is 36.9 Å². The molecule has 0 amide bonds. The number of ether oxygens (including phenoxy) is 1. The van der Waals surface area contributed by atoms with E-state index in [0.717, 1.165) is 12.5 Å². The van der Waals surface area contributed by atoms with Crippen molar-refractivity contribution in [2.24, 2.45) is 0 Å². The Hall–Kier alpha value is -2.02. The Balaban J connectivity index is 1.42. The molecule has 0 atom stereocenters. The van der Waals surface area contributed by atoms with Crippen LogP contribution in [0.2, 0.25) is 6.04 Å². The summed E-state index contributed by atoms with van der Waals surface area (Å²) in [7, 11) is -2.58. The average molecular weight is 437 g/mol. The van der Waals surface area contributed by atoms with Crippen LogP contribution in [0, 0.1) is 0 Å². The molecule has 0 fully saturated rings. The smallest absolute Gasteiger partial charge is 0.377 e. The summed E-state index contributed by atoms with van der Waals surface area (Å²) in [5.41, 5.74) is 1.20. The lowest BCUT2D eigenvalue weighted by Gasteiger charge is -2.28. The molecule has 4 nitrogen and oxygen atoms in total. The zero-order valence-electron chi connectivity index (χ0n) is 18.8. The van der Waals surface area contributed by atoms with Crippen LogP contribution in [0.4, 0.5) is 0 Å². The molecule has 0 saturated carbocycles. The van der Waals surface area contributed by atoms with Crippen molar-refractivity contribution in [3.8, 4) is 0 Å². The third-order valence-corrected chi connectivity index (χ3v) is 8.81. The maximum atomic E-state index is 6.03. The minimum atomic E-state index is -2.58. The Morgan fingerprint density at radius 1 is 0.677 bits per heavy atom. The van der Waals surface area contributed by atoms with Gasteiger partial charge in [0.05, 0.1) is 6.61 Å². The van der Waals surface area contributed by atoms with Gasteiger partial charge in [0, 0.05) is 32.5 Å². The summed E-state index contributed by atoms with van der Waals surface area (Å²) in [5, 5.41) is 7.84. The van der Waals surface area contributed by atoms with Crippen molar-refractivity contribution in [2.45, 2.75) is 39.8 Å². The number of benzene rings is 4. The molecule has 0 aromatic heterocycles. The second kappa shape index (κ2) is 10.1. The normalized spacial score (nSPS) is 12.5. The van der Waals surface area contributed by atoms with Gasteiger partial charge in [0.1, 0.15) is 0 Å². The SMILES string of the molecule is CCO[Si](CCCOCc1cc2ccc3cccc4ccc(c1)c2c34)(OCC)OCC.